The first kappa shape index (κ1) is 16.3. The molecule has 0 fully saturated rings. The van der Waals surface area contributed by atoms with Crippen LogP contribution in [0.4, 0.5) is 0 Å². The fraction of sp³-hybridized carbons (Fsp3) is 0.625. The first-order valence-electron chi connectivity index (χ1n) is 7.13. The molecule has 1 rings (SSSR count). The zero-order chi connectivity index (χ0) is 14.4. The van der Waals surface area contributed by atoms with Gasteiger partial charge in [-0.2, -0.15) is 0 Å². The van der Waals surface area contributed by atoms with Crippen molar-refractivity contribution in [2.75, 3.05) is 6.54 Å². The predicted octanol–water partition coefficient (Wildman–Crippen LogP) is 4.82. The Morgan fingerprint density at radius 1 is 1.21 bits per heavy atom. The van der Waals surface area contributed by atoms with Crippen molar-refractivity contribution in [3.63, 3.8) is 0 Å². The van der Waals surface area contributed by atoms with Crippen LogP contribution in [0.2, 0.25) is 5.02 Å². The van der Waals surface area contributed by atoms with Crippen molar-refractivity contribution in [1.29, 1.82) is 0 Å². The lowest BCUT2D eigenvalue weighted by molar-refractivity contribution is 0.193. The van der Waals surface area contributed by atoms with Crippen LogP contribution in [0.5, 0.6) is 5.75 Å². The highest BCUT2D eigenvalue weighted by Crippen LogP contribution is 2.28. The second kappa shape index (κ2) is 7.76. The summed E-state index contributed by atoms with van der Waals surface area (Å²) in [7, 11) is 0. The van der Waals surface area contributed by atoms with E-state index in [0.29, 0.717) is 5.92 Å². The maximum Gasteiger partial charge on any atom is 0.121 e. The molecule has 2 nitrogen and oxygen atoms in total. The van der Waals surface area contributed by atoms with Gasteiger partial charge in [0.05, 0.1) is 6.10 Å². The van der Waals surface area contributed by atoms with Crippen LogP contribution in [-0.2, 0) is 0 Å². The van der Waals surface area contributed by atoms with E-state index >= 15 is 0 Å². The van der Waals surface area contributed by atoms with Gasteiger partial charge in [0.25, 0.3) is 0 Å². The fourth-order valence-corrected chi connectivity index (χ4v) is 2.63. The molecule has 0 amide bonds. The molecule has 0 saturated heterocycles. The van der Waals surface area contributed by atoms with Gasteiger partial charge in [-0.05, 0) is 50.4 Å². The van der Waals surface area contributed by atoms with Crippen LogP contribution < -0.4 is 10.1 Å². The summed E-state index contributed by atoms with van der Waals surface area (Å²) in [4.78, 5) is 0. The van der Waals surface area contributed by atoms with Crippen LogP contribution >= 0.6 is 11.6 Å². The summed E-state index contributed by atoms with van der Waals surface area (Å²) in [5.41, 5.74) is 1.12. The molecule has 108 valence electrons. The first-order valence-corrected chi connectivity index (χ1v) is 7.51. The zero-order valence-corrected chi connectivity index (χ0v) is 13.4. The summed E-state index contributed by atoms with van der Waals surface area (Å²) in [5.74, 6) is 1.49. The van der Waals surface area contributed by atoms with E-state index in [2.05, 4.69) is 39.9 Å². The molecular weight excluding hydrogens is 258 g/mol. The average Bonchev–Trinajstić information content (AvgIpc) is 2.27. The van der Waals surface area contributed by atoms with Crippen molar-refractivity contribution in [3.05, 3.63) is 28.8 Å². The quantitative estimate of drug-likeness (QED) is 0.774. The standard InChI is InChI=1S/C16H26ClNO/c1-6-18-13(5)15-8-7-14(10-16(15)17)19-12(4)9-11(2)3/h7-8,10-13,18H,6,9H2,1-5H3. The van der Waals surface area contributed by atoms with E-state index in [9.17, 15) is 0 Å². The van der Waals surface area contributed by atoms with Crippen LogP contribution in [0.1, 0.15) is 52.6 Å². The molecular formula is C16H26ClNO. The smallest absolute Gasteiger partial charge is 0.121 e. The molecule has 2 atom stereocenters. The minimum absolute atomic E-state index is 0.216. The van der Waals surface area contributed by atoms with Crippen molar-refractivity contribution >= 4 is 11.6 Å². The van der Waals surface area contributed by atoms with Gasteiger partial charge in [0, 0.05) is 11.1 Å². The van der Waals surface area contributed by atoms with Crippen molar-refractivity contribution in [2.24, 2.45) is 5.92 Å². The minimum Gasteiger partial charge on any atom is -0.491 e. The van der Waals surface area contributed by atoms with E-state index in [1.165, 1.54) is 0 Å². The van der Waals surface area contributed by atoms with Crippen molar-refractivity contribution in [1.82, 2.24) is 5.32 Å². The number of ether oxygens (including phenoxy) is 1. The van der Waals surface area contributed by atoms with Crippen LogP contribution in [-0.4, -0.2) is 12.6 Å². The van der Waals surface area contributed by atoms with Crippen molar-refractivity contribution in [3.8, 4) is 5.75 Å². The molecule has 3 heteroatoms. The van der Waals surface area contributed by atoms with Gasteiger partial charge in [0.1, 0.15) is 5.75 Å². The molecule has 0 aliphatic rings. The molecule has 0 spiro atoms. The Balaban J connectivity index is 2.71. The van der Waals surface area contributed by atoms with E-state index < -0.39 is 0 Å². The number of hydrogen-bond donors (Lipinski definition) is 1. The monoisotopic (exact) mass is 283 g/mol. The topological polar surface area (TPSA) is 21.3 Å². The maximum atomic E-state index is 6.33. The maximum absolute atomic E-state index is 6.33. The molecule has 0 saturated carbocycles. The largest absolute Gasteiger partial charge is 0.491 e. The molecule has 0 bridgehead atoms. The van der Waals surface area contributed by atoms with Gasteiger partial charge in [-0.3, -0.25) is 0 Å². The molecule has 0 aliphatic carbocycles. The van der Waals surface area contributed by atoms with Gasteiger partial charge in [0.2, 0.25) is 0 Å². The molecule has 19 heavy (non-hydrogen) atoms. The third-order valence-electron chi connectivity index (χ3n) is 3.09. The molecule has 0 aliphatic heterocycles. The Morgan fingerprint density at radius 2 is 1.89 bits per heavy atom. The summed E-state index contributed by atoms with van der Waals surface area (Å²) in [5, 5.41) is 4.13. The molecule has 2 unspecified atom stereocenters. The lowest BCUT2D eigenvalue weighted by Crippen LogP contribution is -2.18. The second-order valence-corrected chi connectivity index (χ2v) is 5.93. The van der Waals surface area contributed by atoms with Crippen LogP contribution in [0.3, 0.4) is 0 Å². The number of nitrogens with one attached hydrogen (secondary N) is 1. The summed E-state index contributed by atoms with van der Waals surface area (Å²) in [6.07, 6.45) is 1.26. The van der Waals surface area contributed by atoms with Gasteiger partial charge in [0.15, 0.2) is 0 Å². The van der Waals surface area contributed by atoms with E-state index in [1.54, 1.807) is 0 Å². The predicted molar refractivity (Wildman–Crippen MR) is 83.1 cm³/mol. The number of rotatable bonds is 7. The number of hydrogen-bond acceptors (Lipinski definition) is 2. The molecule has 0 heterocycles. The first-order chi connectivity index (χ1) is 8.93. The normalized spacial score (nSPS) is 14.5. The van der Waals surface area contributed by atoms with Crippen molar-refractivity contribution in [2.45, 2.75) is 53.2 Å². The summed E-state index contributed by atoms with van der Waals surface area (Å²) in [6, 6.07) is 6.24. The lowest BCUT2D eigenvalue weighted by Gasteiger charge is -2.19. The molecule has 0 aromatic heterocycles. The molecule has 0 radical (unpaired) electrons. The highest BCUT2D eigenvalue weighted by Gasteiger charge is 2.11. The molecule has 1 N–H and O–H groups in total. The van der Waals surface area contributed by atoms with Crippen LogP contribution in [0.25, 0.3) is 0 Å². The molecule has 1 aromatic carbocycles. The van der Waals surface area contributed by atoms with Gasteiger partial charge >= 0.3 is 0 Å². The fourth-order valence-electron chi connectivity index (χ4n) is 2.29. The van der Waals surface area contributed by atoms with Gasteiger partial charge in [-0.15, -0.1) is 0 Å². The van der Waals surface area contributed by atoms with E-state index in [-0.39, 0.29) is 12.1 Å². The Labute approximate surface area is 122 Å². The van der Waals surface area contributed by atoms with E-state index in [4.69, 9.17) is 16.3 Å². The summed E-state index contributed by atoms with van der Waals surface area (Å²) >= 11 is 6.33. The van der Waals surface area contributed by atoms with Gasteiger partial charge in [-0.25, -0.2) is 0 Å². The Bertz CT molecular complexity index is 392. The highest BCUT2D eigenvalue weighted by atomic mass is 35.5. The average molecular weight is 284 g/mol. The van der Waals surface area contributed by atoms with E-state index in [0.717, 1.165) is 29.3 Å². The summed E-state index contributed by atoms with van der Waals surface area (Å²) < 4.78 is 5.90. The number of benzene rings is 1. The Kier molecular flexibility index (Phi) is 6.67. The van der Waals surface area contributed by atoms with Crippen molar-refractivity contribution < 1.29 is 4.74 Å². The minimum atomic E-state index is 0.216. The van der Waals surface area contributed by atoms with Gasteiger partial charge in [-0.1, -0.05) is 38.4 Å². The summed E-state index contributed by atoms with van der Waals surface area (Å²) in [6.45, 7) is 11.6. The Morgan fingerprint density at radius 3 is 2.42 bits per heavy atom. The zero-order valence-electron chi connectivity index (χ0n) is 12.7. The number of halogens is 1. The lowest BCUT2D eigenvalue weighted by atomic mass is 10.1. The second-order valence-electron chi connectivity index (χ2n) is 5.52. The van der Waals surface area contributed by atoms with Gasteiger partial charge < -0.3 is 10.1 Å². The third kappa shape index (κ3) is 5.42. The van der Waals surface area contributed by atoms with Crippen LogP contribution in [0, 0.1) is 5.92 Å². The van der Waals surface area contributed by atoms with E-state index in [1.807, 2.05) is 18.2 Å². The highest BCUT2D eigenvalue weighted by molar-refractivity contribution is 6.31. The van der Waals surface area contributed by atoms with Crippen LogP contribution in [0.15, 0.2) is 18.2 Å². The SMILES string of the molecule is CCNC(C)c1ccc(OC(C)CC(C)C)cc1Cl. The Hall–Kier alpha value is -0.730. The molecule has 1 aromatic rings. The third-order valence-corrected chi connectivity index (χ3v) is 3.42.